The van der Waals surface area contributed by atoms with Crippen molar-refractivity contribution in [3.8, 4) is 0 Å². The molecule has 1 heterocycles. The lowest BCUT2D eigenvalue weighted by Gasteiger charge is -2.12. The molecule has 8 heteroatoms. The number of halogens is 1. The van der Waals surface area contributed by atoms with Crippen LogP contribution in [0.25, 0.3) is 0 Å². The Balaban J connectivity index is 1.70. The third-order valence-electron chi connectivity index (χ3n) is 4.55. The van der Waals surface area contributed by atoms with Gasteiger partial charge in [0.05, 0.1) is 12.0 Å². The Labute approximate surface area is 155 Å². The number of carbonyl (C=O) groups is 2. The molecule has 2 amide bonds. The largest absolute Gasteiger partial charge is 0.349 e. The predicted molar refractivity (Wildman–Crippen MR) is 98.0 cm³/mol. The van der Waals surface area contributed by atoms with E-state index in [2.05, 4.69) is 15.6 Å². The normalized spacial score (nSPS) is 14.1. The topological polar surface area (TPSA) is 93.1 Å². The second-order valence-electron chi connectivity index (χ2n) is 6.73. The van der Waals surface area contributed by atoms with Gasteiger partial charge in [-0.05, 0) is 37.5 Å². The zero-order chi connectivity index (χ0) is 19.4. The van der Waals surface area contributed by atoms with Gasteiger partial charge >= 0.3 is 0 Å². The molecule has 1 aromatic carbocycles. The lowest BCUT2D eigenvalue weighted by Crippen LogP contribution is -2.38. The van der Waals surface area contributed by atoms with E-state index in [-0.39, 0.29) is 23.8 Å². The van der Waals surface area contributed by atoms with E-state index in [0.717, 1.165) is 35.8 Å². The number of anilines is 1. The van der Waals surface area contributed by atoms with E-state index in [1.54, 1.807) is 13.0 Å². The van der Waals surface area contributed by atoms with Crippen molar-refractivity contribution in [3.63, 3.8) is 0 Å². The Bertz CT molecular complexity index is 919. The van der Waals surface area contributed by atoms with Gasteiger partial charge in [-0.2, -0.15) is 0 Å². The van der Waals surface area contributed by atoms with Crippen molar-refractivity contribution in [1.82, 2.24) is 14.9 Å². The van der Waals surface area contributed by atoms with Crippen LogP contribution in [0.3, 0.4) is 0 Å². The van der Waals surface area contributed by atoms with Gasteiger partial charge in [0.1, 0.15) is 17.9 Å². The highest BCUT2D eigenvalue weighted by molar-refractivity contribution is 5.94. The van der Waals surface area contributed by atoms with E-state index >= 15 is 0 Å². The molecular weight excluding hydrogens is 351 g/mol. The summed E-state index contributed by atoms with van der Waals surface area (Å²) in [7, 11) is 0. The molecule has 0 radical (unpaired) electrons. The number of carbonyl (C=O) groups excluding carboxylic acids is 2. The molecule has 7 nitrogen and oxygen atoms in total. The summed E-state index contributed by atoms with van der Waals surface area (Å²) in [5, 5.41) is 5.25. The van der Waals surface area contributed by atoms with Crippen molar-refractivity contribution >= 4 is 17.5 Å². The molecule has 0 aliphatic heterocycles. The molecule has 0 spiro atoms. The molecule has 1 aliphatic carbocycles. The molecule has 2 N–H and O–H groups in total. The van der Waals surface area contributed by atoms with Crippen molar-refractivity contribution in [2.45, 2.75) is 45.2 Å². The van der Waals surface area contributed by atoms with Gasteiger partial charge < -0.3 is 10.6 Å². The lowest BCUT2D eigenvalue weighted by molar-refractivity contribution is -0.116. The highest BCUT2D eigenvalue weighted by Crippen LogP contribution is 2.18. The van der Waals surface area contributed by atoms with Crippen LogP contribution in [0.15, 0.2) is 35.5 Å². The standard InChI is InChI=1S/C19H21FN4O3/c1-12-6-7-16(15(20)8-12)23-17(25)10-24-11-21-9-14(19(24)27)18(26)22-13-4-2-3-5-13/h6-9,11,13H,2-5,10H2,1H3,(H,22,26)(H,23,25). The summed E-state index contributed by atoms with van der Waals surface area (Å²) < 4.78 is 14.9. The van der Waals surface area contributed by atoms with Gasteiger partial charge in [0.15, 0.2) is 0 Å². The van der Waals surface area contributed by atoms with Crippen LogP contribution in [-0.2, 0) is 11.3 Å². The first-order chi connectivity index (χ1) is 12.9. The van der Waals surface area contributed by atoms with Crippen LogP contribution >= 0.6 is 0 Å². The van der Waals surface area contributed by atoms with Gasteiger partial charge in [-0.3, -0.25) is 19.0 Å². The maximum atomic E-state index is 13.8. The van der Waals surface area contributed by atoms with Gasteiger partial charge in [0.25, 0.3) is 11.5 Å². The number of hydrogen-bond donors (Lipinski definition) is 2. The zero-order valence-corrected chi connectivity index (χ0v) is 15.0. The monoisotopic (exact) mass is 372 g/mol. The minimum Gasteiger partial charge on any atom is -0.349 e. The number of rotatable bonds is 5. The van der Waals surface area contributed by atoms with Crippen molar-refractivity contribution in [2.75, 3.05) is 5.32 Å². The fraction of sp³-hybridized carbons (Fsp3) is 0.368. The molecule has 2 aromatic rings. The van der Waals surface area contributed by atoms with Gasteiger partial charge in [0.2, 0.25) is 5.91 Å². The Kier molecular flexibility index (Phi) is 5.63. The van der Waals surface area contributed by atoms with E-state index in [1.165, 1.54) is 24.7 Å². The second-order valence-corrected chi connectivity index (χ2v) is 6.73. The van der Waals surface area contributed by atoms with Crippen LogP contribution in [0.1, 0.15) is 41.6 Å². The first-order valence-electron chi connectivity index (χ1n) is 8.85. The van der Waals surface area contributed by atoms with Crippen LogP contribution in [-0.4, -0.2) is 27.4 Å². The molecule has 0 unspecified atom stereocenters. The molecule has 1 saturated carbocycles. The summed E-state index contributed by atoms with van der Waals surface area (Å²) in [5.74, 6) is -1.63. The summed E-state index contributed by atoms with van der Waals surface area (Å²) in [5.41, 5.74) is 0.0346. The highest BCUT2D eigenvalue weighted by atomic mass is 19.1. The third-order valence-corrected chi connectivity index (χ3v) is 4.55. The summed E-state index contributed by atoms with van der Waals surface area (Å²) in [6.45, 7) is 1.37. The Morgan fingerprint density at radius 3 is 2.74 bits per heavy atom. The van der Waals surface area contributed by atoms with Crippen molar-refractivity contribution in [1.29, 1.82) is 0 Å². The summed E-state index contributed by atoms with van der Waals surface area (Å²) in [6, 6.07) is 4.49. The van der Waals surface area contributed by atoms with Crippen LogP contribution in [0.4, 0.5) is 10.1 Å². The molecule has 1 aliphatic rings. The maximum absolute atomic E-state index is 13.8. The van der Waals surface area contributed by atoms with E-state index < -0.39 is 23.2 Å². The second kappa shape index (κ2) is 8.11. The van der Waals surface area contributed by atoms with Crippen molar-refractivity contribution in [3.05, 3.63) is 58.0 Å². The average Bonchev–Trinajstić information content (AvgIpc) is 3.12. The number of nitrogens with zero attached hydrogens (tertiary/aromatic N) is 2. The third kappa shape index (κ3) is 4.58. The number of nitrogens with one attached hydrogen (secondary N) is 2. The average molecular weight is 372 g/mol. The SMILES string of the molecule is Cc1ccc(NC(=O)Cn2cncc(C(=O)NC3CCCC3)c2=O)c(F)c1. The molecule has 0 bridgehead atoms. The smallest absolute Gasteiger partial charge is 0.266 e. The fourth-order valence-electron chi connectivity index (χ4n) is 3.12. The predicted octanol–water partition coefficient (Wildman–Crippen LogP) is 2.00. The van der Waals surface area contributed by atoms with Gasteiger partial charge in [-0.15, -0.1) is 0 Å². The van der Waals surface area contributed by atoms with Crippen LogP contribution in [0.2, 0.25) is 0 Å². The Hall–Kier alpha value is -3.03. The quantitative estimate of drug-likeness (QED) is 0.840. The molecule has 27 heavy (non-hydrogen) atoms. The summed E-state index contributed by atoms with van der Waals surface area (Å²) in [6.07, 6.45) is 6.27. The summed E-state index contributed by atoms with van der Waals surface area (Å²) >= 11 is 0. The van der Waals surface area contributed by atoms with Crippen LogP contribution in [0.5, 0.6) is 0 Å². The minimum atomic E-state index is -0.611. The van der Waals surface area contributed by atoms with E-state index in [1.807, 2.05) is 0 Å². The minimum absolute atomic E-state index is 0.0294. The molecule has 1 aromatic heterocycles. The van der Waals surface area contributed by atoms with Crippen LogP contribution < -0.4 is 16.2 Å². The maximum Gasteiger partial charge on any atom is 0.266 e. The number of hydrogen-bond acceptors (Lipinski definition) is 4. The van der Waals surface area contributed by atoms with E-state index in [4.69, 9.17) is 0 Å². The van der Waals surface area contributed by atoms with Gasteiger partial charge in [-0.1, -0.05) is 18.9 Å². The number of amides is 2. The number of aromatic nitrogens is 2. The molecule has 1 fully saturated rings. The highest BCUT2D eigenvalue weighted by Gasteiger charge is 2.21. The van der Waals surface area contributed by atoms with Gasteiger partial charge in [0, 0.05) is 12.2 Å². The Morgan fingerprint density at radius 2 is 2.04 bits per heavy atom. The lowest BCUT2D eigenvalue weighted by atomic mass is 10.2. The number of aryl methyl sites for hydroxylation is 1. The molecule has 3 rings (SSSR count). The molecule has 0 saturated heterocycles. The van der Waals surface area contributed by atoms with Crippen LogP contribution in [0, 0.1) is 12.7 Å². The van der Waals surface area contributed by atoms with E-state index in [9.17, 15) is 18.8 Å². The fourth-order valence-corrected chi connectivity index (χ4v) is 3.12. The molecule has 0 atom stereocenters. The first kappa shape index (κ1) is 18.8. The molecule has 142 valence electrons. The first-order valence-corrected chi connectivity index (χ1v) is 8.85. The van der Waals surface area contributed by atoms with Gasteiger partial charge in [-0.25, -0.2) is 9.37 Å². The molecular formula is C19H21FN4O3. The van der Waals surface area contributed by atoms with E-state index in [0.29, 0.717) is 0 Å². The number of benzene rings is 1. The zero-order valence-electron chi connectivity index (χ0n) is 15.0. The Morgan fingerprint density at radius 1 is 1.30 bits per heavy atom. The van der Waals surface area contributed by atoms with Crippen molar-refractivity contribution < 1.29 is 14.0 Å². The summed E-state index contributed by atoms with van der Waals surface area (Å²) in [4.78, 5) is 40.8. The van der Waals surface area contributed by atoms with Crippen molar-refractivity contribution in [2.24, 2.45) is 0 Å².